The summed E-state index contributed by atoms with van der Waals surface area (Å²) in [6.07, 6.45) is 9.88. The normalized spacial score (nSPS) is 21.5. The Morgan fingerprint density at radius 1 is 1.17 bits per heavy atom. The highest BCUT2D eigenvalue weighted by Gasteiger charge is 2.38. The number of fused-ring (bicyclic) bond motifs is 1. The number of hydrogen-bond acceptors (Lipinski definition) is 7. The third-order valence-corrected chi connectivity index (χ3v) is 8.63. The van der Waals surface area contributed by atoms with Gasteiger partial charge in [0.05, 0.1) is 10.5 Å². The molecule has 1 aliphatic carbocycles. The minimum absolute atomic E-state index is 0.126. The van der Waals surface area contributed by atoms with Crippen molar-refractivity contribution in [1.29, 1.82) is 0 Å². The van der Waals surface area contributed by atoms with Crippen molar-refractivity contribution < 1.29 is 9.59 Å². The first kappa shape index (κ1) is 24.0. The molecule has 5 rings (SSSR count). The van der Waals surface area contributed by atoms with E-state index in [1.54, 1.807) is 17.2 Å². The monoisotopic (exact) mass is 511 g/mol. The number of thiocarbonyl (C=S) groups is 1. The number of amides is 2. The lowest BCUT2D eigenvalue weighted by Gasteiger charge is -2.32. The van der Waals surface area contributed by atoms with Crippen LogP contribution in [0, 0.1) is 12.8 Å². The molecule has 4 heterocycles. The lowest BCUT2D eigenvalue weighted by Crippen LogP contribution is -2.40. The Kier molecular flexibility index (Phi) is 6.67. The average Bonchev–Trinajstić information content (AvgIpc) is 3.14. The molecule has 10 heteroatoms. The number of aryl methyl sites for hydroxylation is 1. The number of nitrogens with two attached hydrogens (primary N) is 1. The van der Waals surface area contributed by atoms with Gasteiger partial charge < -0.3 is 10.6 Å². The molecule has 3 aliphatic rings. The van der Waals surface area contributed by atoms with Crippen LogP contribution in [-0.2, 0) is 9.59 Å². The number of piperidine rings is 1. The molecule has 2 saturated heterocycles. The molecule has 0 radical (unpaired) electrons. The first-order valence-corrected chi connectivity index (χ1v) is 13.4. The highest BCUT2D eigenvalue weighted by Crippen LogP contribution is 2.38. The Bertz CT molecular complexity index is 1290. The van der Waals surface area contributed by atoms with Crippen molar-refractivity contribution >= 4 is 57.7 Å². The van der Waals surface area contributed by atoms with Crippen LogP contribution in [0.3, 0.4) is 0 Å². The van der Waals surface area contributed by atoms with Crippen LogP contribution < -0.4 is 16.2 Å². The summed E-state index contributed by atoms with van der Waals surface area (Å²) < 4.78 is 2.09. The topological polar surface area (TPSA) is 101 Å². The molecule has 0 atom stereocenters. The maximum Gasteiger partial charge on any atom is 0.267 e. The molecular weight excluding hydrogens is 482 g/mol. The van der Waals surface area contributed by atoms with Crippen LogP contribution in [0.1, 0.15) is 56.1 Å². The van der Waals surface area contributed by atoms with Crippen LogP contribution >= 0.6 is 24.0 Å². The Balaban J connectivity index is 1.57. The second kappa shape index (κ2) is 9.73. The van der Waals surface area contributed by atoms with Gasteiger partial charge in [-0.05, 0) is 50.3 Å². The second-order valence-electron chi connectivity index (χ2n) is 9.55. The number of primary amides is 1. The first-order valence-electron chi connectivity index (χ1n) is 12.2. The predicted molar refractivity (Wildman–Crippen MR) is 142 cm³/mol. The largest absolute Gasteiger partial charge is 0.369 e. The van der Waals surface area contributed by atoms with Gasteiger partial charge in [0.15, 0.2) is 0 Å². The summed E-state index contributed by atoms with van der Waals surface area (Å²) in [7, 11) is 0. The number of hydrogen-bond donors (Lipinski definition) is 1. The zero-order valence-corrected chi connectivity index (χ0v) is 21.4. The molecule has 3 fully saturated rings. The summed E-state index contributed by atoms with van der Waals surface area (Å²) in [5, 5.41) is 0. The Morgan fingerprint density at radius 2 is 1.89 bits per heavy atom. The van der Waals surface area contributed by atoms with E-state index in [1.807, 2.05) is 24.0 Å². The van der Waals surface area contributed by atoms with E-state index in [0.29, 0.717) is 52.2 Å². The smallest absolute Gasteiger partial charge is 0.267 e. The summed E-state index contributed by atoms with van der Waals surface area (Å²) in [6.45, 7) is 3.04. The fourth-order valence-electron chi connectivity index (χ4n) is 5.31. The molecule has 2 aliphatic heterocycles. The van der Waals surface area contributed by atoms with Gasteiger partial charge in [0.2, 0.25) is 5.91 Å². The first-order chi connectivity index (χ1) is 16.8. The van der Waals surface area contributed by atoms with Crippen LogP contribution in [0.25, 0.3) is 11.7 Å². The van der Waals surface area contributed by atoms with Crippen LogP contribution in [0.4, 0.5) is 5.82 Å². The van der Waals surface area contributed by atoms with E-state index in [9.17, 15) is 14.4 Å². The number of rotatable bonds is 4. The molecular formula is C25H29N5O3S2. The zero-order valence-electron chi connectivity index (χ0n) is 19.7. The molecule has 8 nitrogen and oxygen atoms in total. The van der Waals surface area contributed by atoms with Crippen molar-refractivity contribution in [3.63, 3.8) is 0 Å². The number of carbonyl (C=O) groups excluding carboxylic acids is 2. The van der Waals surface area contributed by atoms with Gasteiger partial charge in [-0.1, -0.05) is 49.3 Å². The maximum absolute atomic E-state index is 13.7. The molecule has 0 unspecified atom stereocenters. The van der Waals surface area contributed by atoms with Gasteiger partial charge in [0, 0.05) is 31.2 Å². The molecule has 2 aromatic heterocycles. The average molecular weight is 512 g/mol. The lowest BCUT2D eigenvalue weighted by molar-refractivity contribution is -0.124. The van der Waals surface area contributed by atoms with Crippen LogP contribution in [0.5, 0.6) is 0 Å². The van der Waals surface area contributed by atoms with Crippen molar-refractivity contribution in [2.24, 2.45) is 11.7 Å². The highest BCUT2D eigenvalue weighted by atomic mass is 32.2. The number of anilines is 1. The molecule has 184 valence electrons. The third kappa shape index (κ3) is 4.49. The quantitative estimate of drug-likeness (QED) is 0.497. The van der Waals surface area contributed by atoms with E-state index >= 15 is 0 Å². The number of thioether (sulfide) groups is 1. The van der Waals surface area contributed by atoms with Crippen molar-refractivity contribution in [2.75, 3.05) is 18.0 Å². The SMILES string of the molecule is Cc1cccn2c(=O)c(/C=C3\SC(=S)N(C4CCCCC4)C3=O)c(N3CCC(C(N)=O)CC3)nc12. The summed E-state index contributed by atoms with van der Waals surface area (Å²) >= 11 is 6.85. The van der Waals surface area contributed by atoms with Gasteiger partial charge in [-0.15, -0.1) is 0 Å². The fourth-order valence-corrected chi connectivity index (χ4v) is 6.69. The van der Waals surface area contributed by atoms with E-state index in [-0.39, 0.29) is 29.3 Å². The summed E-state index contributed by atoms with van der Waals surface area (Å²) in [5.74, 6) is -0.0578. The number of carbonyl (C=O) groups is 2. The Labute approximate surface area is 213 Å². The molecule has 2 N–H and O–H groups in total. The molecule has 35 heavy (non-hydrogen) atoms. The highest BCUT2D eigenvalue weighted by molar-refractivity contribution is 8.26. The van der Waals surface area contributed by atoms with Crippen molar-refractivity contribution in [3.8, 4) is 0 Å². The van der Waals surface area contributed by atoms with Gasteiger partial charge in [-0.25, -0.2) is 4.98 Å². The Morgan fingerprint density at radius 3 is 2.57 bits per heavy atom. The van der Waals surface area contributed by atoms with Gasteiger partial charge in [-0.2, -0.15) is 0 Å². The fraction of sp³-hybridized carbons (Fsp3) is 0.480. The van der Waals surface area contributed by atoms with Crippen LogP contribution in [-0.4, -0.2) is 49.6 Å². The van der Waals surface area contributed by atoms with E-state index < -0.39 is 0 Å². The Hall–Kier alpha value is -2.72. The third-order valence-electron chi connectivity index (χ3n) is 7.30. The van der Waals surface area contributed by atoms with Crippen molar-refractivity contribution in [2.45, 2.75) is 57.9 Å². The van der Waals surface area contributed by atoms with Crippen molar-refractivity contribution in [3.05, 3.63) is 44.7 Å². The summed E-state index contributed by atoms with van der Waals surface area (Å²) in [4.78, 5) is 47.9. The minimum atomic E-state index is -0.293. The summed E-state index contributed by atoms with van der Waals surface area (Å²) in [6, 6.07) is 3.86. The molecule has 0 spiro atoms. The standard InChI is InChI=1S/C25H29N5O3S2/c1-15-6-5-11-29-21(15)27-22(28-12-9-16(10-13-28)20(26)31)18(23(29)32)14-19-24(33)30(25(34)35-19)17-7-3-2-4-8-17/h5-6,11,14,16-17H,2-4,7-10,12-13H2,1H3,(H2,26,31)/b19-14-. The second-order valence-corrected chi connectivity index (χ2v) is 11.2. The van der Waals surface area contributed by atoms with E-state index in [1.165, 1.54) is 22.6 Å². The van der Waals surface area contributed by atoms with E-state index in [2.05, 4.69) is 0 Å². The molecule has 2 amide bonds. The minimum Gasteiger partial charge on any atom is -0.369 e. The maximum atomic E-state index is 13.7. The van der Waals surface area contributed by atoms with Gasteiger partial charge in [-0.3, -0.25) is 23.7 Å². The van der Waals surface area contributed by atoms with Crippen molar-refractivity contribution in [1.82, 2.24) is 14.3 Å². The van der Waals surface area contributed by atoms with Crippen LogP contribution in [0.15, 0.2) is 28.0 Å². The van der Waals surface area contributed by atoms with Gasteiger partial charge in [0.25, 0.3) is 11.5 Å². The predicted octanol–water partition coefficient (Wildman–Crippen LogP) is 3.24. The van der Waals surface area contributed by atoms with E-state index in [0.717, 1.165) is 31.2 Å². The number of pyridine rings is 1. The lowest BCUT2D eigenvalue weighted by atomic mass is 9.94. The van der Waals surface area contributed by atoms with Gasteiger partial charge >= 0.3 is 0 Å². The molecule has 0 bridgehead atoms. The molecule has 1 saturated carbocycles. The van der Waals surface area contributed by atoms with Gasteiger partial charge in [0.1, 0.15) is 15.8 Å². The number of aromatic nitrogens is 2. The van der Waals surface area contributed by atoms with Crippen LogP contribution in [0.2, 0.25) is 0 Å². The molecule has 0 aromatic carbocycles. The van der Waals surface area contributed by atoms with E-state index in [4.69, 9.17) is 22.9 Å². The number of nitrogens with zero attached hydrogens (tertiary/aromatic N) is 4. The summed E-state index contributed by atoms with van der Waals surface area (Å²) in [5.41, 5.74) is 7.12. The zero-order chi connectivity index (χ0) is 24.7. The molecule has 2 aromatic rings.